The number of nitrogens with one attached hydrogen (secondary N) is 3. The molecule has 0 unspecified atom stereocenters. The number of fused-ring (bicyclic) bond motifs is 1. The van der Waals surface area contributed by atoms with Gasteiger partial charge in [0.15, 0.2) is 0 Å². The molecule has 0 bridgehead atoms. The number of hydrogen-bond donors (Lipinski definition) is 4. The van der Waals surface area contributed by atoms with Gasteiger partial charge in [-0.15, -0.1) is 0 Å². The molecule has 158 valence electrons. The van der Waals surface area contributed by atoms with Crippen LogP contribution in [0.5, 0.6) is 0 Å². The highest BCUT2D eigenvalue weighted by atomic mass is 16.2. The van der Waals surface area contributed by atoms with Gasteiger partial charge in [-0.1, -0.05) is 25.1 Å². The molecule has 4 amide bonds. The Labute approximate surface area is 175 Å². The predicted molar refractivity (Wildman–Crippen MR) is 117 cm³/mol. The number of carbonyl (C=O) groups is 3. The van der Waals surface area contributed by atoms with E-state index >= 15 is 0 Å². The van der Waals surface area contributed by atoms with E-state index in [1.807, 2.05) is 48.2 Å². The van der Waals surface area contributed by atoms with Crippen LogP contribution in [0.1, 0.15) is 38.3 Å². The van der Waals surface area contributed by atoms with Crippen molar-refractivity contribution in [2.45, 2.75) is 38.8 Å². The van der Waals surface area contributed by atoms with Crippen molar-refractivity contribution in [3.8, 4) is 0 Å². The number of carbonyl (C=O) groups excluding carboxylic acids is 3. The molecule has 0 saturated carbocycles. The largest absolute Gasteiger partial charge is 0.378 e. The molecule has 30 heavy (non-hydrogen) atoms. The number of primary amides is 1. The van der Waals surface area contributed by atoms with Crippen molar-refractivity contribution in [3.63, 3.8) is 0 Å². The van der Waals surface area contributed by atoms with Gasteiger partial charge in [0.05, 0.1) is 12.6 Å². The molecule has 0 spiro atoms. The number of benzene rings is 2. The first-order chi connectivity index (χ1) is 14.4. The number of anilines is 3. The molecule has 0 fully saturated rings. The number of nitrogens with two attached hydrogens (primary N) is 1. The minimum Gasteiger partial charge on any atom is -0.378 e. The lowest BCUT2D eigenvalue weighted by atomic mass is 9.91. The summed E-state index contributed by atoms with van der Waals surface area (Å²) in [6.45, 7) is 3.73. The first kappa shape index (κ1) is 21.2. The minimum absolute atomic E-state index is 0.0646. The number of nitrogens with zero attached hydrogens (tertiary/aromatic N) is 1. The Morgan fingerprint density at radius 1 is 1.07 bits per heavy atom. The number of hydrogen-bond acceptors (Lipinski definition) is 4. The van der Waals surface area contributed by atoms with Gasteiger partial charge in [-0.2, -0.15) is 0 Å². The highest BCUT2D eigenvalue weighted by Gasteiger charge is 2.32. The number of para-hydroxylation sites is 1. The SMILES string of the molecule is CCC(=O)N1c2ccccc2[C@H](Nc2ccc(NC(=O)NCC(N)=O)cc2)C[C@@H]1C. The summed E-state index contributed by atoms with van der Waals surface area (Å²) in [5.41, 5.74) is 8.55. The molecule has 0 aromatic heterocycles. The van der Waals surface area contributed by atoms with Crippen molar-refractivity contribution < 1.29 is 14.4 Å². The summed E-state index contributed by atoms with van der Waals surface area (Å²) >= 11 is 0. The fourth-order valence-electron chi connectivity index (χ4n) is 3.69. The third-order valence-electron chi connectivity index (χ3n) is 5.07. The lowest BCUT2D eigenvalue weighted by molar-refractivity contribution is -0.119. The maximum Gasteiger partial charge on any atom is 0.319 e. The molecular weight excluding hydrogens is 382 g/mol. The second-order valence-corrected chi connectivity index (χ2v) is 7.31. The maximum atomic E-state index is 12.5. The van der Waals surface area contributed by atoms with Crippen LogP contribution in [-0.4, -0.2) is 30.4 Å². The molecule has 2 aromatic rings. The molecular formula is C22H27N5O3. The van der Waals surface area contributed by atoms with Crippen LogP contribution in [0.4, 0.5) is 21.9 Å². The lowest BCUT2D eigenvalue weighted by Gasteiger charge is -2.40. The van der Waals surface area contributed by atoms with Gasteiger partial charge in [0, 0.05) is 29.5 Å². The monoisotopic (exact) mass is 409 g/mol. The molecule has 1 aliphatic heterocycles. The molecule has 1 aliphatic rings. The molecule has 3 rings (SSSR count). The van der Waals surface area contributed by atoms with Gasteiger partial charge in [0.2, 0.25) is 11.8 Å². The van der Waals surface area contributed by atoms with Crippen LogP contribution < -0.4 is 26.6 Å². The normalized spacial score (nSPS) is 17.6. The standard InChI is InChI=1S/C22H27N5O3/c1-3-21(29)27-14(2)12-18(17-6-4-5-7-19(17)27)25-15-8-10-16(11-9-15)26-22(30)24-13-20(23)28/h4-11,14,18,25H,3,12-13H2,1-2H3,(H2,23,28)(H2,24,26,30)/t14-,18+/m0/s1. The molecule has 1 heterocycles. The second kappa shape index (κ2) is 9.30. The first-order valence-corrected chi connectivity index (χ1v) is 9.99. The van der Waals surface area contributed by atoms with E-state index in [4.69, 9.17) is 5.73 Å². The van der Waals surface area contributed by atoms with E-state index in [1.54, 1.807) is 12.1 Å². The van der Waals surface area contributed by atoms with Crippen molar-refractivity contribution in [1.82, 2.24) is 5.32 Å². The fourth-order valence-corrected chi connectivity index (χ4v) is 3.69. The van der Waals surface area contributed by atoms with Gasteiger partial charge in [0.25, 0.3) is 0 Å². The molecule has 0 radical (unpaired) electrons. The highest BCUT2D eigenvalue weighted by Crippen LogP contribution is 2.39. The van der Waals surface area contributed by atoms with E-state index in [1.165, 1.54) is 0 Å². The Balaban J connectivity index is 1.71. The number of urea groups is 1. The van der Waals surface area contributed by atoms with E-state index in [-0.39, 0.29) is 24.5 Å². The zero-order valence-electron chi connectivity index (χ0n) is 17.1. The Morgan fingerprint density at radius 2 is 1.73 bits per heavy atom. The molecule has 8 heteroatoms. The van der Waals surface area contributed by atoms with Crippen molar-refractivity contribution in [2.24, 2.45) is 5.73 Å². The Bertz CT molecular complexity index is 929. The molecule has 2 atom stereocenters. The Morgan fingerprint density at radius 3 is 2.40 bits per heavy atom. The van der Waals surface area contributed by atoms with Gasteiger partial charge >= 0.3 is 6.03 Å². The van der Waals surface area contributed by atoms with Crippen LogP contribution in [0.25, 0.3) is 0 Å². The number of amides is 4. The van der Waals surface area contributed by atoms with Crippen LogP contribution in [-0.2, 0) is 9.59 Å². The molecule has 8 nitrogen and oxygen atoms in total. The third kappa shape index (κ3) is 4.89. The van der Waals surface area contributed by atoms with Gasteiger partial charge in [-0.3, -0.25) is 9.59 Å². The highest BCUT2D eigenvalue weighted by molar-refractivity contribution is 5.95. The zero-order chi connectivity index (χ0) is 21.7. The van der Waals surface area contributed by atoms with Crippen molar-refractivity contribution >= 4 is 34.9 Å². The Kier molecular flexibility index (Phi) is 6.56. The summed E-state index contributed by atoms with van der Waals surface area (Å²) in [5.74, 6) is -0.482. The van der Waals surface area contributed by atoms with Crippen LogP contribution in [0.15, 0.2) is 48.5 Å². The molecule has 0 saturated heterocycles. The summed E-state index contributed by atoms with van der Waals surface area (Å²) in [6, 6.07) is 14.9. The van der Waals surface area contributed by atoms with Crippen molar-refractivity contribution in [2.75, 3.05) is 22.1 Å². The van der Waals surface area contributed by atoms with E-state index < -0.39 is 11.9 Å². The average Bonchev–Trinajstić information content (AvgIpc) is 2.73. The Hall–Kier alpha value is -3.55. The minimum atomic E-state index is -0.606. The lowest BCUT2D eigenvalue weighted by Crippen LogP contribution is -2.44. The summed E-state index contributed by atoms with van der Waals surface area (Å²) in [5, 5.41) is 8.56. The van der Waals surface area contributed by atoms with Gasteiger partial charge < -0.3 is 26.6 Å². The van der Waals surface area contributed by atoms with Crippen LogP contribution in [0.3, 0.4) is 0 Å². The summed E-state index contributed by atoms with van der Waals surface area (Å²) in [7, 11) is 0. The van der Waals surface area contributed by atoms with E-state index in [9.17, 15) is 14.4 Å². The maximum absolute atomic E-state index is 12.5. The van der Waals surface area contributed by atoms with Crippen LogP contribution in [0, 0.1) is 0 Å². The van der Waals surface area contributed by atoms with Crippen molar-refractivity contribution in [3.05, 3.63) is 54.1 Å². The third-order valence-corrected chi connectivity index (χ3v) is 5.07. The molecule has 0 aliphatic carbocycles. The smallest absolute Gasteiger partial charge is 0.319 e. The summed E-state index contributed by atoms with van der Waals surface area (Å²) in [4.78, 5) is 36.8. The van der Waals surface area contributed by atoms with Crippen molar-refractivity contribution in [1.29, 1.82) is 0 Å². The van der Waals surface area contributed by atoms with Crippen LogP contribution >= 0.6 is 0 Å². The van der Waals surface area contributed by atoms with Crippen LogP contribution in [0.2, 0.25) is 0 Å². The van der Waals surface area contributed by atoms with Gasteiger partial charge in [-0.25, -0.2) is 4.79 Å². The van der Waals surface area contributed by atoms with E-state index in [0.717, 1.165) is 23.4 Å². The summed E-state index contributed by atoms with van der Waals surface area (Å²) < 4.78 is 0. The first-order valence-electron chi connectivity index (χ1n) is 9.99. The topological polar surface area (TPSA) is 117 Å². The van der Waals surface area contributed by atoms with Gasteiger partial charge in [-0.05, 0) is 49.2 Å². The van der Waals surface area contributed by atoms with Gasteiger partial charge in [0.1, 0.15) is 0 Å². The predicted octanol–water partition coefficient (Wildman–Crippen LogP) is 2.98. The molecule has 5 N–H and O–H groups in total. The summed E-state index contributed by atoms with van der Waals surface area (Å²) in [6.07, 6.45) is 1.26. The van der Waals surface area contributed by atoms with E-state index in [0.29, 0.717) is 12.1 Å². The quantitative estimate of drug-likeness (QED) is 0.587. The molecule has 2 aromatic carbocycles. The fraction of sp³-hybridized carbons (Fsp3) is 0.318. The zero-order valence-corrected chi connectivity index (χ0v) is 17.1. The number of rotatable bonds is 6. The second-order valence-electron chi connectivity index (χ2n) is 7.31. The van der Waals surface area contributed by atoms with E-state index in [2.05, 4.69) is 22.9 Å². The average molecular weight is 409 g/mol.